The van der Waals surface area contributed by atoms with Crippen LogP contribution in [-0.2, 0) is 9.53 Å². The van der Waals surface area contributed by atoms with E-state index in [0.29, 0.717) is 29.2 Å². The zero-order valence-electron chi connectivity index (χ0n) is 21.8. The number of primary amides is 1. The third-order valence-electron chi connectivity index (χ3n) is 7.95. The third kappa shape index (κ3) is 5.37. The first-order valence-corrected chi connectivity index (χ1v) is 12.9. The second-order valence-electron chi connectivity index (χ2n) is 11.4. The summed E-state index contributed by atoms with van der Waals surface area (Å²) in [6.07, 6.45) is 8.57. The first-order valence-electron chi connectivity index (χ1n) is 12.9. The molecule has 0 aliphatic heterocycles. The molecule has 1 aromatic heterocycles. The Morgan fingerprint density at radius 2 is 1.89 bits per heavy atom. The summed E-state index contributed by atoms with van der Waals surface area (Å²) in [4.78, 5) is 37.1. The van der Waals surface area contributed by atoms with Crippen LogP contribution in [0.3, 0.4) is 0 Å². The lowest BCUT2D eigenvalue weighted by atomic mass is 9.79. The molecule has 0 aromatic carbocycles. The summed E-state index contributed by atoms with van der Waals surface area (Å²) in [5.41, 5.74) is 4.90. The fourth-order valence-electron chi connectivity index (χ4n) is 6.45. The SMILES string of the molecule is CNC(=O)C(C)(C)/C=C/n1ncc(C(=O)N[C@@H]2C3CC4CC(OC(N)=O)CC2C(C4)C3)c1OC(C)C. The van der Waals surface area contributed by atoms with Crippen molar-refractivity contribution in [2.75, 3.05) is 7.05 Å². The molecule has 1 heterocycles. The van der Waals surface area contributed by atoms with Crippen LogP contribution in [0.2, 0.25) is 0 Å². The summed E-state index contributed by atoms with van der Waals surface area (Å²) in [6.45, 7) is 7.37. The van der Waals surface area contributed by atoms with E-state index in [4.69, 9.17) is 15.2 Å². The van der Waals surface area contributed by atoms with Crippen molar-refractivity contribution >= 4 is 24.1 Å². The fraction of sp³-hybridized carbons (Fsp3) is 0.692. The zero-order valence-corrected chi connectivity index (χ0v) is 21.8. The molecule has 3 bridgehead atoms. The second kappa shape index (κ2) is 10.1. The first kappa shape index (κ1) is 26.0. The Hall–Kier alpha value is -3.04. The molecule has 10 heteroatoms. The molecule has 6 atom stereocenters. The predicted octanol–water partition coefficient (Wildman–Crippen LogP) is 2.93. The van der Waals surface area contributed by atoms with Gasteiger partial charge in [-0.05, 0) is 83.5 Å². The molecule has 36 heavy (non-hydrogen) atoms. The smallest absolute Gasteiger partial charge is 0.404 e. The van der Waals surface area contributed by atoms with Gasteiger partial charge in [-0.15, -0.1) is 0 Å². The number of amides is 3. The summed E-state index contributed by atoms with van der Waals surface area (Å²) in [6, 6.07) is 0.00440. The lowest BCUT2D eigenvalue weighted by Crippen LogP contribution is -2.44. The quantitative estimate of drug-likeness (QED) is 0.501. The van der Waals surface area contributed by atoms with Crippen LogP contribution in [0, 0.1) is 29.1 Å². The number of hydrogen-bond acceptors (Lipinski definition) is 6. The van der Waals surface area contributed by atoms with Gasteiger partial charge >= 0.3 is 6.09 Å². The van der Waals surface area contributed by atoms with Gasteiger partial charge in [-0.1, -0.05) is 6.08 Å². The van der Waals surface area contributed by atoms with Gasteiger partial charge in [0.1, 0.15) is 11.7 Å². The predicted molar refractivity (Wildman–Crippen MR) is 134 cm³/mol. The van der Waals surface area contributed by atoms with Crippen LogP contribution in [0.15, 0.2) is 12.3 Å². The number of carbonyl (C=O) groups excluding carboxylic acids is 3. The Bertz CT molecular complexity index is 1030. The van der Waals surface area contributed by atoms with Gasteiger partial charge in [0, 0.05) is 19.3 Å². The topological polar surface area (TPSA) is 138 Å². The Morgan fingerprint density at radius 3 is 2.56 bits per heavy atom. The molecule has 3 aliphatic rings. The minimum atomic E-state index is -0.763. The van der Waals surface area contributed by atoms with Crippen molar-refractivity contribution in [3.05, 3.63) is 17.8 Å². The molecule has 3 amide bonds. The highest BCUT2D eigenvalue weighted by Gasteiger charge is 2.52. The lowest BCUT2D eigenvalue weighted by Gasteiger charge is -2.32. The summed E-state index contributed by atoms with van der Waals surface area (Å²) in [5.74, 6) is 1.63. The minimum absolute atomic E-state index is 0.00440. The van der Waals surface area contributed by atoms with Crippen molar-refractivity contribution in [3.63, 3.8) is 0 Å². The van der Waals surface area contributed by atoms with Crippen molar-refractivity contribution < 1.29 is 23.9 Å². The molecular weight excluding hydrogens is 462 g/mol. The van der Waals surface area contributed by atoms with E-state index in [1.54, 1.807) is 33.2 Å². The molecule has 10 nitrogen and oxygen atoms in total. The van der Waals surface area contributed by atoms with Crippen LogP contribution in [-0.4, -0.2) is 53.0 Å². The summed E-state index contributed by atoms with van der Waals surface area (Å²) < 4.78 is 12.9. The van der Waals surface area contributed by atoms with Crippen LogP contribution in [0.4, 0.5) is 4.79 Å². The zero-order chi connectivity index (χ0) is 26.2. The van der Waals surface area contributed by atoms with E-state index >= 15 is 0 Å². The molecule has 3 aliphatic carbocycles. The number of nitrogens with two attached hydrogens (primary N) is 1. The van der Waals surface area contributed by atoms with E-state index in [9.17, 15) is 14.4 Å². The number of fused-ring (bicyclic) bond motifs is 2. The number of carbonyl (C=O) groups is 3. The number of aromatic nitrogens is 2. The van der Waals surface area contributed by atoms with Gasteiger partial charge < -0.3 is 25.8 Å². The van der Waals surface area contributed by atoms with Crippen molar-refractivity contribution in [2.24, 2.45) is 34.8 Å². The number of rotatable bonds is 8. The van der Waals surface area contributed by atoms with Gasteiger partial charge in [-0.3, -0.25) is 9.59 Å². The summed E-state index contributed by atoms with van der Waals surface area (Å²) >= 11 is 0. The third-order valence-corrected chi connectivity index (χ3v) is 7.95. The van der Waals surface area contributed by atoms with Gasteiger partial charge in [-0.25, -0.2) is 9.48 Å². The highest BCUT2D eigenvalue weighted by atomic mass is 16.6. The summed E-state index contributed by atoms with van der Waals surface area (Å²) in [5, 5.41) is 10.3. The number of nitrogens with one attached hydrogen (secondary N) is 2. The van der Waals surface area contributed by atoms with Crippen molar-refractivity contribution in [1.29, 1.82) is 0 Å². The van der Waals surface area contributed by atoms with Gasteiger partial charge in [-0.2, -0.15) is 5.10 Å². The van der Waals surface area contributed by atoms with Crippen molar-refractivity contribution in [2.45, 2.75) is 78.0 Å². The van der Waals surface area contributed by atoms with Gasteiger partial charge in [0.05, 0.1) is 17.7 Å². The number of hydrogen-bond donors (Lipinski definition) is 3. The molecule has 5 unspecified atom stereocenters. The second-order valence-corrected chi connectivity index (χ2v) is 11.4. The maximum atomic E-state index is 13.5. The van der Waals surface area contributed by atoms with E-state index in [1.165, 1.54) is 10.9 Å². The highest BCUT2D eigenvalue weighted by molar-refractivity contribution is 5.96. The van der Waals surface area contributed by atoms with Crippen molar-refractivity contribution in [3.8, 4) is 5.88 Å². The molecule has 0 spiro atoms. The van der Waals surface area contributed by atoms with Gasteiger partial charge in [0.2, 0.25) is 11.8 Å². The lowest BCUT2D eigenvalue weighted by molar-refractivity contribution is -0.126. The maximum Gasteiger partial charge on any atom is 0.404 e. The van der Waals surface area contributed by atoms with E-state index in [2.05, 4.69) is 15.7 Å². The van der Waals surface area contributed by atoms with Crippen LogP contribution < -0.4 is 21.1 Å². The molecule has 3 saturated carbocycles. The van der Waals surface area contributed by atoms with Crippen LogP contribution in [0.1, 0.15) is 70.2 Å². The fourth-order valence-corrected chi connectivity index (χ4v) is 6.45. The first-order chi connectivity index (χ1) is 17.0. The summed E-state index contributed by atoms with van der Waals surface area (Å²) in [7, 11) is 1.59. The average Bonchev–Trinajstić information content (AvgIpc) is 3.25. The molecule has 4 rings (SSSR count). The maximum absolute atomic E-state index is 13.5. The van der Waals surface area contributed by atoms with E-state index in [-0.39, 0.29) is 36.0 Å². The van der Waals surface area contributed by atoms with E-state index < -0.39 is 11.5 Å². The van der Waals surface area contributed by atoms with Gasteiger partial charge in [0.25, 0.3) is 5.91 Å². The molecule has 0 radical (unpaired) electrons. The highest BCUT2D eigenvalue weighted by Crippen LogP contribution is 2.54. The van der Waals surface area contributed by atoms with Crippen LogP contribution in [0.25, 0.3) is 6.20 Å². The Labute approximate surface area is 212 Å². The Kier molecular flexibility index (Phi) is 7.33. The molecule has 1 aromatic rings. The van der Waals surface area contributed by atoms with E-state index in [1.807, 2.05) is 13.8 Å². The molecule has 4 N–H and O–H groups in total. The molecule has 3 fully saturated rings. The monoisotopic (exact) mass is 501 g/mol. The van der Waals surface area contributed by atoms with Crippen LogP contribution >= 0.6 is 0 Å². The Morgan fingerprint density at radius 1 is 1.17 bits per heavy atom. The Balaban J connectivity index is 1.55. The number of ether oxygens (including phenoxy) is 2. The standard InChI is InChI=1S/C26H39N5O5/c1-14(2)35-23-20(13-29-31(23)7-6-26(3,4)24(33)28-5)22(32)30-21-17-9-15-8-16(11-17)19(21)12-18(10-15)36-25(27)34/h6-7,13-19,21H,8-12H2,1-5H3,(H2,27,34)(H,28,33)(H,30,32)/b7-6+/t15?,16?,17?,18?,19?,21-/m1/s1. The normalized spacial score (nSPS) is 29.3. The number of nitrogens with zero attached hydrogens (tertiary/aromatic N) is 2. The molecule has 198 valence electrons. The van der Waals surface area contributed by atoms with E-state index in [0.717, 1.165) is 32.1 Å². The molecular formula is C26H39N5O5. The average molecular weight is 502 g/mol. The molecule has 0 saturated heterocycles. The largest absolute Gasteiger partial charge is 0.474 e. The minimum Gasteiger partial charge on any atom is -0.474 e. The van der Waals surface area contributed by atoms with Crippen molar-refractivity contribution in [1.82, 2.24) is 20.4 Å². The van der Waals surface area contributed by atoms with Crippen LogP contribution in [0.5, 0.6) is 5.88 Å². The van der Waals surface area contributed by atoms with Gasteiger partial charge in [0.15, 0.2) is 0 Å².